The Bertz CT molecular complexity index is 215. The molecule has 2 saturated carbocycles. The molecule has 54 valence electrons. The van der Waals surface area contributed by atoms with Crippen LogP contribution >= 0.6 is 0 Å². The highest BCUT2D eigenvalue weighted by molar-refractivity contribution is 5.30. The van der Waals surface area contributed by atoms with Gasteiger partial charge >= 0.3 is 0 Å². The summed E-state index contributed by atoms with van der Waals surface area (Å²) in [6.45, 7) is 0. The summed E-state index contributed by atoms with van der Waals surface area (Å²) in [6, 6.07) is 0. The van der Waals surface area contributed by atoms with E-state index in [1.54, 1.807) is 0 Å². The normalized spacial score (nSPS) is 52.7. The molecule has 1 nitrogen and oxygen atoms in total. The smallest absolute Gasteiger partial charge is 0.0641 e. The van der Waals surface area contributed by atoms with Crippen LogP contribution in [0.1, 0.15) is 25.7 Å². The second kappa shape index (κ2) is 1.20. The minimum absolute atomic E-state index is 0.00345. The summed E-state index contributed by atoms with van der Waals surface area (Å²) in [4.78, 5) is 0. The van der Waals surface area contributed by atoms with E-state index in [2.05, 4.69) is 12.2 Å². The number of aliphatic hydroxyl groups excluding tert-OH is 1. The minimum Gasteiger partial charge on any atom is -0.392 e. The molecule has 10 heavy (non-hydrogen) atoms. The Balaban J connectivity index is 1.90. The van der Waals surface area contributed by atoms with E-state index in [9.17, 15) is 5.11 Å². The molecule has 3 aliphatic rings. The molecule has 1 heteroatoms. The lowest BCUT2D eigenvalue weighted by Crippen LogP contribution is -2.02. The summed E-state index contributed by atoms with van der Waals surface area (Å²) >= 11 is 0. The van der Waals surface area contributed by atoms with Crippen molar-refractivity contribution in [2.24, 2.45) is 10.8 Å². The maximum Gasteiger partial charge on any atom is 0.0641 e. The van der Waals surface area contributed by atoms with Crippen LogP contribution in [0, 0.1) is 10.8 Å². The second-order valence-electron chi connectivity index (χ2n) is 4.33. The van der Waals surface area contributed by atoms with Crippen LogP contribution in [0.5, 0.6) is 0 Å². The van der Waals surface area contributed by atoms with Crippen LogP contribution < -0.4 is 0 Å². The van der Waals surface area contributed by atoms with E-state index < -0.39 is 0 Å². The number of aliphatic hydroxyl groups is 1. The Hall–Kier alpha value is -0.300. The van der Waals surface area contributed by atoms with Crippen molar-refractivity contribution in [2.45, 2.75) is 31.8 Å². The number of allylic oxidation sites excluding steroid dienone is 1. The first-order valence-electron chi connectivity index (χ1n) is 4.13. The highest BCUT2D eigenvalue weighted by atomic mass is 16.3. The lowest BCUT2D eigenvalue weighted by atomic mass is 9.99. The molecule has 0 aromatic heterocycles. The molecular weight excluding hydrogens is 124 g/mol. The summed E-state index contributed by atoms with van der Waals surface area (Å²) in [7, 11) is 0. The fourth-order valence-corrected chi connectivity index (χ4v) is 2.29. The summed E-state index contributed by atoms with van der Waals surface area (Å²) < 4.78 is 0. The fourth-order valence-electron chi connectivity index (χ4n) is 2.29. The zero-order chi connectivity index (χ0) is 6.82. The Morgan fingerprint density at radius 3 is 2.30 bits per heavy atom. The van der Waals surface area contributed by atoms with Gasteiger partial charge in [-0.3, -0.25) is 0 Å². The SMILES string of the molecule is O[C@@H]1C[C@@]12C=CC1(CC1)C2. The van der Waals surface area contributed by atoms with Crippen LogP contribution in [0.3, 0.4) is 0 Å². The molecule has 0 saturated heterocycles. The van der Waals surface area contributed by atoms with Gasteiger partial charge < -0.3 is 5.11 Å². The maximum absolute atomic E-state index is 9.33. The second-order valence-corrected chi connectivity index (χ2v) is 4.33. The van der Waals surface area contributed by atoms with Crippen molar-refractivity contribution >= 4 is 0 Å². The number of hydrogen-bond acceptors (Lipinski definition) is 1. The predicted octanol–water partition coefficient (Wildman–Crippen LogP) is 1.48. The first-order valence-corrected chi connectivity index (χ1v) is 4.13. The molecule has 0 aromatic rings. The molecule has 1 N–H and O–H groups in total. The predicted molar refractivity (Wildman–Crippen MR) is 38.5 cm³/mol. The molecule has 3 rings (SSSR count). The highest BCUT2D eigenvalue weighted by Gasteiger charge is 2.61. The van der Waals surface area contributed by atoms with Gasteiger partial charge in [0.2, 0.25) is 0 Å². The van der Waals surface area contributed by atoms with E-state index in [1.165, 1.54) is 19.3 Å². The lowest BCUT2D eigenvalue weighted by molar-refractivity contribution is 0.231. The standard InChI is InChI=1S/C9H12O/c10-7-5-9(7)4-3-8(6-9)1-2-8/h3-4,7,10H,1-2,5-6H2/t7-,9-/m1/s1. The van der Waals surface area contributed by atoms with Gasteiger partial charge in [-0.2, -0.15) is 0 Å². The van der Waals surface area contributed by atoms with Gasteiger partial charge in [-0.15, -0.1) is 0 Å². The van der Waals surface area contributed by atoms with Crippen molar-refractivity contribution in [3.63, 3.8) is 0 Å². The van der Waals surface area contributed by atoms with Crippen molar-refractivity contribution in [1.29, 1.82) is 0 Å². The van der Waals surface area contributed by atoms with Gasteiger partial charge in [-0.05, 0) is 31.1 Å². The van der Waals surface area contributed by atoms with Crippen molar-refractivity contribution in [2.75, 3.05) is 0 Å². The molecule has 3 aliphatic carbocycles. The van der Waals surface area contributed by atoms with E-state index >= 15 is 0 Å². The zero-order valence-corrected chi connectivity index (χ0v) is 6.01. The molecule has 0 heterocycles. The van der Waals surface area contributed by atoms with Crippen molar-refractivity contribution in [3.8, 4) is 0 Å². The van der Waals surface area contributed by atoms with Crippen LogP contribution in [0.25, 0.3) is 0 Å². The zero-order valence-electron chi connectivity index (χ0n) is 6.01. The average molecular weight is 136 g/mol. The van der Waals surface area contributed by atoms with Crippen molar-refractivity contribution in [1.82, 2.24) is 0 Å². The maximum atomic E-state index is 9.33. The molecule has 0 amide bonds. The van der Waals surface area contributed by atoms with E-state index in [1.807, 2.05) is 0 Å². The topological polar surface area (TPSA) is 20.2 Å². The Kier molecular flexibility index (Phi) is 0.646. The quantitative estimate of drug-likeness (QED) is 0.500. The third-order valence-electron chi connectivity index (χ3n) is 3.42. The molecule has 2 fully saturated rings. The third kappa shape index (κ3) is 0.485. The van der Waals surface area contributed by atoms with E-state index in [0.717, 1.165) is 6.42 Å². The van der Waals surface area contributed by atoms with Gasteiger partial charge in [0, 0.05) is 5.41 Å². The van der Waals surface area contributed by atoms with Crippen molar-refractivity contribution in [3.05, 3.63) is 12.2 Å². The molecule has 0 aliphatic heterocycles. The minimum atomic E-state index is 0.00345. The lowest BCUT2D eigenvalue weighted by Gasteiger charge is -2.06. The average Bonchev–Trinajstić information content (AvgIpc) is 2.68. The molecule has 0 bridgehead atoms. The van der Waals surface area contributed by atoms with Gasteiger partial charge in [-0.25, -0.2) is 0 Å². The summed E-state index contributed by atoms with van der Waals surface area (Å²) in [6.07, 6.45) is 9.65. The molecular formula is C9H12O. The van der Waals surface area contributed by atoms with Crippen LogP contribution in [0.2, 0.25) is 0 Å². The molecule has 2 spiro atoms. The highest BCUT2D eigenvalue weighted by Crippen LogP contribution is 2.67. The van der Waals surface area contributed by atoms with Gasteiger partial charge in [0.15, 0.2) is 0 Å². The van der Waals surface area contributed by atoms with Gasteiger partial charge in [0.25, 0.3) is 0 Å². The van der Waals surface area contributed by atoms with E-state index in [4.69, 9.17) is 0 Å². The van der Waals surface area contributed by atoms with Gasteiger partial charge in [0.1, 0.15) is 0 Å². The molecule has 0 unspecified atom stereocenters. The molecule has 2 atom stereocenters. The van der Waals surface area contributed by atoms with Gasteiger partial charge in [-0.1, -0.05) is 12.2 Å². The van der Waals surface area contributed by atoms with Gasteiger partial charge in [0.05, 0.1) is 6.10 Å². The first-order chi connectivity index (χ1) is 4.75. The monoisotopic (exact) mass is 136 g/mol. The summed E-state index contributed by atoms with van der Waals surface area (Å²) in [5.74, 6) is 0. The Labute approximate surface area is 60.7 Å². The van der Waals surface area contributed by atoms with Crippen LogP contribution in [-0.4, -0.2) is 11.2 Å². The largest absolute Gasteiger partial charge is 0.392 e. The number of rotatable bonds is 0. The van der Waals surface area contributed by atoms with Crippen LogP contribution in [0.4, 0.5) is 0 Å². The Morgan fingerprint density at radius 1 is 1.30 bits per heavy atom. The van der Waals surface area contributed by atoms with Crippen LogP contribution in [-0.2, 0) is 0 Å². The Morgan fingerprint density at radius 2 is 2.00 bits per heavy atom. The molecule has 0 radical (unpaired) electrons. The first kappa shape index (κ1) is 5.36. The van der Waals surface area contributed by atoms with Crippen LogP contribution in [0.15, 0.2) is 12.2 Å². The van der Waals surface area contributed by atoms with E-state index in [-0.39, 0.29) is 11.5 Å². The summed E-state index contributed by atoms with van der Waals surface area (Å²) in [5.41, 5.74) is 0.855. The van der Waals surface area contributed by atoms with Crippen molar-refractivity contribution < 1.29 is 5.11 Å². The van der Waals surface area contributed by atoms with E-state index in [0.29, 0.717) is 5.41 Å². The number of hydrogen-bond donors (Lipinski definition) is 1. The molecule has 0 aromatic carbocycles. The summed E-state index contributed by atoms with van der Waals surface area (Å²) in [5, 5.41) is 9.33. The third-order valence-corrected chi connectivity index (χ3v) is 3.42. The fraction of sp³-hybridized carbons (Fsp3) is 0.778.